The number of rotatable bonds is 4. The van der Waals surface area contributed by atoms with Crippen LogP contribution in [0.1, 0.15) is 0 Å². The zero-order chi connectivity index (χ0) is 15.4. The first-order chi connectivity index (χ1) is 10.1. The van der Waals surface area contributed by atoms with Crippen LogP contribution in [0.5, 0.6) is 5.88 Å². The van der Waals surface area contributed by atoms with Crippen LogP contribution in [0, 0.1) is 28.1 Å². The van der Waals surface area contributed by atoms with Crippen LogP contribution >= 0.6 is 15.9 Å². The number of benzene rings is 1. The van der Waals surface area contributed by atoms with E-state index >= 15 is 0 Å². The van der Waals surface area contributed by atoms with E-state index in [1.807, 2.05) is 12.1 Å². The van der Waals surface area contributed by atoms with Crippen LogP contribution < -0.4 is 0 Å². The molecule has 0 fully saturated rings. The van der Waals surface area contributed by atoms with Crippen LogP contribution in [-0.4, -0.2) is 26.4 Å². The molecule has 6 nitrogen and oxygen atoms in total. The number of alkyl halides is 1. The van der Waals surface area contributed by atoms with Crippen LogP contribution in [0.3, 0.4) is 0 Å². The summed E-state index contributed by atoms with van der Waals surface area (Å²) in [5.74, 6) is -0.0888. The van der Waals surface area contributed by atoms with Gasteiger partial charge in [0.25, 0.3) is 0 Å². The first kappa shape index (κ1) is 14.8. The molecule has 2 N–H and O–H groups in total. The van der Waals surface area contributed by atoms with Crippen LogP contribution in [-0.2, 0) is 6.54 Å². The summed E-state index contributed by atoms with van der Waals surface area (Å²) in [6.07, 6.45) is 0. The van der Waals surface area contributed by atoms with Gasteiger partial charge in [-0.3, -0.25) is 5.41 Å². The van der Waals surface area contributed by atoms with Crippen molar-refractivity contribution in [3.8, 4) is 18.0 Å². The smallest absolute Gasteiger partial charge is 0.218 e. The molecular weight excluding hydrogens is 334 g/mol. The maximum atomic E-state index is 10.3. The number of nitriles is 2. The van der Waals surface area contributed by atoms with E-state index in [4.69, 9.17) is 15.9 Å². The maximum absolute atomic E-state index is 10.3. The molecule has 1 heterocycles. The second kappa shape index (κ2) is 6.21. The standard InChI is InChI=1S/C14H10BrN5O/c15-5-6-20-12-4-2-1-3-9(12)13(14(20)21)19-11(8-17)10(18)7-16/h1-4,18,21H,5-6H2. The molecule has 0 aliphatic heterocycles. The normalized spacial score (nSPS) is 11.1. The van der Waals surface area contributed by atoms with E-state index in [2.05, 4.69) is 20.9 Å². The van der Waals surface area contributed by atoms with Crippen molar-refractivity contribution >= 4 is 43.9 Å². The monoisotopic (exact) mass is 343 g/mol. The number of aliphatic imine (C=N–C) groups is 1. The van der Waals surface area contributed by atoms with Crippen LogP contribution in [0.25, 0.3) is 10.9 Å². The lowest BCUT2D eigenvalue weighted by molar-refractivity contribution is 0.428. The van der Waals surface area contributed by atoms with E-state index < -0.39 is 5.71 Å². The predicted octanol–water partition coefficient (Wildman–Crippen LogP) is 2.88. The van der Waals surface area contributed by atoms with Gasteiger partial charge in [-0.15, -0.1) is 0 Å². The second-order valence-electron chi connectivity index (χ2n) is 4.09. The van der Waals surface area contributed by atoms with Gasteiger partial charge in [0.1, 0.15) is 17.8 Å². The molecule has 0 spiro atoms. The summed E-state index contributed by atoms with van der Waals surface area (Å²) in [4.78, 5) is 4.00. The summed E-state index contributed by atoms with van der Waals surface area (Å²) in [7, 11) is 0. The Morgan fingerprint density at radius 1 is 1.33 bits per heavy atom. The molecule has 0 bridgehead atoms. The number of nitrogens with one attached hydrogen (secondary N) is 1. The van der Waals surface area contributed by atoms with E-state index in [9.17, 15) is 5.11 Å². The largest absolute Gasteiger partial charge is 0.493 e. The summed E-state index contributed by atoms with van der Waals surface area (Å²) < 4.78 is 1.66. The Labute approximate surface area is 129 Å². The number of halogens is 1. The third-order valence-electron chi connectivity index (χ3n) is 2.90. The fourth-order valence-corrected chi connectivity index (χ4v) is 2.35. The van der Waals surface area contributed by atoms with Crippen LogP contribution in [0.2, 0.25) is 0 Å². The number of nitrogens with zero attached hydrogens (tertiary/aromatic N) is 4. The Morgan fingerprint density at radius 3 is 2.67 bits per heavy atom. The van der Waals surface area contributed by atoms with Gasteiger partial charge < -0.3 is 9.67 Å². The molecule has 0 unspecified atom stereocenters. The van der Waals surface area contributed by atoms with Gasteiger partial charge in [0.2, 0.25) is 5.88 Å². The van der Waals surface area contributed by atoms with E-state index in [-0.39, 0.29) is 17.3 Å². The molecule has 0 atom stereocenters. The average molecular weight is 344 g/mol. The fraction of sp³-hybridized carbons (Fsp3) is 0.143. The molecule has 104 valence electrons. The molecule has 7 heteroatoms. The van der Waals surface area contributed by atoms with Crippen molar-refractivity contribution in [2.45, 2.75) is 6.54 Å². The number of para-hydroxylation sites is 1. The predicted molar refractivity (Wildman–Crippen MR) is 83.4 cm³/mol. The molecule has 0 aliphatic carbocycles. The number of hydrogen-bond donors (Lipinski definition) is 2. The molecule has 2 aromatic rings. The number of aromatic nitrogens is 1. The lowest BCUT2D eigenvalue weighted by Crippen LogP contribution is -2.07. The van der Waals surface area contributed by atoms with Gasteiger partial charge >= 0.3 is 0 Å². The molecule has 0 aliphatic rings. The van der Waals surface area contributed by atoms with Gasteiger partial charge in [0.15, 0.2) is 11.4 Å². The minimum absolute atomic E-state index is 0.0888. The Hall–Kier alpha value is -2.64. The molecule has 0 radical (unpaired) electrons. The average Bonchev–Trinajstić information content (AvgIpc) is 2.77. The zero-order valence-corrected chi connectivity index (χ0v) is 12.4. The summed E-state index contributed by atoms with van der Waals surface area (Å²) in [5.41, 5.74) is 0.112. The van der Waals surface area contributed by atoms with Crippen molar-refractivity contribution in [1.82, 2.24) is 4.57 Å². The van der Waals surface area contributed by atoms with Crippen molar-refractivity contribution in [1.29, 1.82) is 15.9 Å². The SMILES string of the molecule is N#CC(=N)C(C#N)=Nc1c(O)n(CCBr)c2ccccc12. The molecular formula is C14H10BrN5O. The summed E-state index contributed by atoms with van der Waals surface area (Å²) >= 11 is 3.32. The van der Waals surface area contributed by atoms with Gasteiger partial charge in [0, 0.05) is 17.3 Å². The number of aromatic hydroxyl groups is 1. The Balaban J connectivity index is 2.73. The quantitative estimate of drug-likeness (QED) is 0.657. The van der Waals surface area contributed by atoms with Crippen molar-refractivity contribution in [2.24, 2.45) is 4.99 Å². The van der Waals surface area contributed by atoms with E-state index in [0.29, 0.717) is 17.3 Å². The van der Waals surface area contributed by atoms with E-state index in [0.717, 1.165) is 5.52 Å². The molecule has 0 saturated heterocycles. The van der Waals surface area contributed by atoms with Gasteiger partial charge in [-0.2, -0.15) is 10.5 Å². The molecule has 1 aromatic heterocycles. The Bertz CT molecular complexity index is 822. The topological polar surface area (TPSA) is 109 Å². The van der Waals surface area contributed by atoms with Crippen molar-refractivity contribution in [2.75, 3.05) is 5.33 Å². The molecule has 21 heavy (non-hydrogen) atoms. The molecule has 0 amide bonds. The summed E-state index contributed by atoms with van der Waals surface area (Å²) in [6, 6.07) is 10.5. The lowest BCUT2D eigenvalue weighted by atomic mass is 10.2. The molecule has 2 rings (SSSR count). The minimum Gasteiger partial charge on any atom is -0.493 e. The zero-order valence-electron chi connectivity index (χ0n) is 10.8. The summed E-state index contributed by atoms with van der Waals surface area (Å²) in [6.45, 7) is 0.527. The van der Waals surface area contributed by atoms with Crippen LogP contribution in [0.4, 0.5) is 5.69 Å². The van der Waals surface area contributed by atoms with Gasteiger partial charge in [0.05, 0.1) is 5.52 Å². The fourth-order valence-electron chi connectivity index (χ4n) is 1.99. The number of hydrogen-bond acceptors (Lipinski definition) is 5. The Morgan fingerprint density at radius 2 is 2.05 bits per heavy atom. The van der Waals surface area contributed by atoms with E-state index in [1.165, 1.54) is 0 Å². The van der Waals surface area contributed by atoms with Gasteiger partial charge in [-0.1, -0.05) is 34.1 Å². The summed E-state index contributed by atoms with van der Waals surface area (Å²) in [5, 5.41) is 36.7. The highest BCUT2D eigenvalue weighted by Crippen LogP contribution is 2.38. The highest BCUT2D eigenvalue weighted by Gasteiger charge is 2.17. The van der Waals surface area contributed by atoms with Crippen molar-refractivity contribution in [3.05, 3.63) is 24.3 Å². The highest BCUT2D eigenvalue weighted by molar-refractivity contribution is 9.09. The van der Waals surface area contributed by atoms with Gasteiger partial charge in [-0.25, -0.2) is 4.99 Å². The third-order valence-corrected chi connectivity index (χ3v) is 3.26. The highest BCUT2D eigenvalue weighted by atomic mass is 79.9. The molecule has 0 saturated carbocycles. The van der Waals surface area contributed by atoms with Crippen LogP contribution in [0.15, 0.2) is 29.3 Å². The number of fused-ring (bicyclic) bond motifs is 1. The first-order valence-corrected chi connectivity index (χ1v) is 7.10. The van der Waals surface area contributed by atoms with E-state index in [1.54, 1.807) is 28.8 Å². The minimum atomic E-state index is -0.533. The number of aryl methyl sites for hydroxylation is 1. The van der Waals surface area contributed by atoms with Gasteiger partial charge in [-0.05, 0) is 6.07 Å². The second-order valence-corrected chi connectivity index (χ2v) is 4.88. The third kappa shape index (κ3) is 2.64. The lowest BCUT2D eigenvalue weighted by Gasteiger charge is -2.03. The van der Waals surface area contributed by atoms with Crippen molar-refractivity contribution < 1.29 is 5.11 Å². The Kier molecular flexibility index (Phi) is 4.36. The maximum Gasteiger partial charge on any atom is 0.218 e. The first-order valence-electron chi connectivity index (χ1n) is 5.98. The molecule has 1 aromatic carbocycles. The van der Waals surface area contributed by atoms with Crippen molar-refractivity contribution in [3.63, 3.8) is 0 Å².